The summed E-state index contributed by atoms with van der Waals surface area (Å²) in [6, 6.07) is 4.72. The first-order chi connectivity index (χ1) is 10.7. The van der Waals surface area contributed by atoms with Crippen molar-refractivity contribution >= 4 is 15.9 Å². The van der Waals surface area contributed by atoms with E-state index in [4.69, 9.17) is 9.47 Å². The molecule has 0 unspecified atom stereocenters. The summed E-state index contributed by atoms with van der Waals surface area (Å²) in [6.45, 7) is 6.56. The van der Waals surface area contributed by atoms with E-state index in [9.17, 15) is 0 Å². The molecule has 4 nitrogen and oxygen atoms in total. The zero-order valence-corrected chi connectivity index (χ0v) is 15.4. The Kier molecular flexibility index (Phi) is 6.99. The molecule has 1 N–H and O–H groups in total. The van der Waals surface area contributed by atoms with Gasteiger partial charge in [-0.2, -0.15) is 0 Å². The first-order valence-corrected chi connectivity index (χ1v) is 8.86. The SMILES string of the molecule is CCCC[C@H](c1cc(OC)c(Br)c(OC)c1)N1CCNCC1. The molecule has 1 heterocycles. The van der Waals surface area contributed by atoms with Gasteiger partial charge in [-0.1, -0.05) is 19.8 Å². The van der Waals surface area contributed by atoms with Crippen molar-refractivity contribution in [2.75, 3.05) is 40.4 Å². The normalized spacial score (nSPS) is 17.3. The van der Waals surface area contributed by atoms with Crippen LogP contribution in [0.25, 0.3) is 0 Å². The van der Waals surface area contributed by atoms with Gasteiger partial charge in [-0.15, -0.1) is 0 Å². The van der Waals surface area contributed by atoms with Gasteiger partial charge < -0.3 is 14.8 Å². The molecule has 124 valence electrons. The van der Waals surface area contributed by atoms with Crippen molar-refractivity contribution in [2.24, 2.45) is 0 Å². The Morgan fingerprint density at radius 2 is 1.77 bits per heavy atom. The van der Waals surface area contributed by atoms with Crippen LogP contribution < -0.4 is 14.8 Å². The Balaban J connectivity index is 2.32. The third-order valence-electron chi connectivity index (χ3n) is 4.28. The highest BCUT2D eigenvalue weighted by Crippen LogP contribution is 2.39. The number of nitrogens with one attached hydrogen (secondary N) is 1. The van der Waals surface area contributed by atoms with Crippen LogP contribution in [-0.4, -0.2) is 45.3 Å². The molecule has 0 aromatic heterocycles. The largest absolute Gasteiger partial charge is 0.495 e. The predicted molar refractivity (Wildman–Crippen MR) is 94.0 cm³/mol. The molecule has 1 fully saturated rings. The fourth-order valence-electron chi connectivity index (χ4n) is 3.03. The van der Waals surface area contributed by atoms with Crippen LogP contribution in [0.4, 0.5) is 0 Å². The van der Waals surface area contributed by atoms with E-state index in [-0.39, 0.29) is 0 Å². The quantitative estimate of drug-likeness (QED) is 0.794. The summed E-state index contributed by atoms with van der Waals surface area (Å²) < 4.78 is 11.9. The first kappa shape index (κ1) is 17.6. The molecule has 1 aromatic carbocycles. The molecule has 0 spiro atoms. The lowest BCUT2D eigenvalue weighted by molar-refractivity contribution is 0.162. The number of halogens is 1. The number of ether oxygens (including phenoxy) is 2. The summed E-state index contributed by atoms with van der Waals surface area (Å²) >= 11 is 3.56. The number of benzene rings is 1. The average Bonchev–Trinajstić information content (AvgIpc) is 2.57. The van der Waals surface area contributed by atoms with Gasteiger partial charge in [0.05, 0.1) is 14.2 Å². The van der Waals surface area contributed by atoms with Crippen LogP contribution in [0.3, 0.4) is 0 Å². The molecule has 1 aliphatic heterocycles. The van der Waals surface area contributed by atoms with E-state index in [1.54, 1.807) is 14.2 Å². The van der Waals surface area contributed by atoms with Crippen LogP contribution in [0, 0.1) is 0 Å². The third kappa shape index (κ3) is 4.15. The zero-order chi connectivity index (χ0) is 15.9. The molecule has 1 saturated heterocycles. The van der Waals surface area contributed by atoms with E-state index < -0.39 is 0 Å². The van der Waals surface area contributed by atoms with Gasteiger partial charge in [0.2, 0.25) is 0 Å². The fourth-order valence-corrected chi connectivity index (χ4v) is 3.59. The topological polar surface area (TPSA) is 33.7 Å². The number of rotatable bonds is 7. The molecule has 2 rings (SSSR count). The second kappa shape index (κ2) is 8.75. The summed E-state index contributed by atoms with van der Waals surface area (Å²) in [5.74, 6) is 1.68. The van der Waals surface area contributed by atoms with E-state index in [0.29, 0.717) is 6.04 Å². The van der Waals surface area contributed by atoms with Crippen molar-refractivity contribution < 1.29 is 9.47 Å². The molecule has 22 heavy (non-hydrogen) atoms. The van der Waals surface area contributed by atoms with Gasteiger partial charge in [-0.05, 0) is 40.0 Å². The van der Waals surface area contributed by atoms with Gasteiger partial charge in [0.1, 0.15) is 16.0 Å². The minimum Gasteiger partial charge on any atom is -0.495 e. The molecule has 1 aromatic rings. The standard InChI is InChI=1S/C17H27BrN2O2/c1-4-5-6-14(20-9-7-19-8-10-20)13-11-15(21-2)17(18)16(12-13)22-3/h11-12,14,19H,4-10H2,1-3H3/t14-/m1/s1. The second-order valence-corrected chi connectivity index (χ2v) is 6.48. The number of hydrogen-bond acceptors (Lipinski definition) is 4. The van der Waals surface area contributed by atoms with Crippen LogP contribution in [0.15, 0.2) is 16.6 Å². The maximum absolute atomic E-state index is 5.51. The zero-order valence-electron chi connectivity index (χ0n) is 13.8. The Labute approximate surface area is 142 Å². The third-order valence-corrected chi connectivity index (χ3v) is 5.06. The highest BCUT2D eigenvalue weighted by molar-refractivity contribution is 9.10. The Morgan fingerprint density at radius 3 is 2.27 bits per heavy atom. The molecule has 0 amide bonds. The number of piperazine rings is 1. The summed E-state index contributed by atoms with van der Waals surface area (Å²) in [4.78, 5) is 2.58. The summed E-state index contributed by atoms with van der Waals surface area (Å²) in [5, 5.41) is 3.43. The highest BCUT2D eigenvalue weighted by atomic mass is 79.9. The van der Waals surface area contributed by atoms with Crippen LogP contribution in [0.2, 0.25) is 0 Å². The average molecular weight is 371 g/mol. The van der Waals surface area contributed by atoms with E-state index in [0.717, 1.165) is 42.2 Å². The number of hydrogen-bond donors (Lipinski definition) is 1. The smallest absolute Gasteiger partial charge is 0.137 e. The van der Waals surface area contributed by atoms with E-state index in [1.807, 2.05) is 0 Å². The van der Waals surface area contributed by atoms with Crippen molar-refractivity contribution in [3.63, 3.8) is 0 Å². The lowest BCUT2D eigenvalue weighted by Gasteiger charge is -2.35. The van der Waals surface area contributed by atoms with Crippen molar-refractivity contribution in [1.29, 1.82) is 0 Å². The van der Waals surface area contributed by atoms with Crippen LogP contribution in [0.5, 0.6) is 11.5 Å². The number of nitrogens with zero attached hydrogens (tertiary/aromatic N) is 1. The van der Waals surface area contributed by atoms with Crippen molar-refractivity contribution in [2.45, 2.75) is 32.2 Å². The maximum Gasteiger partial charge on any atom is 0.137 e. The molecule has 0 saturated carbocycles. The number of unbranched alkanes of at least 4 members (excludes halogenated alkanes) is 1. The second-order valence-electron chi connectivity index (χ2n) is 5.68. The van der Waals surface area contributed by atoms with Gasteiger partial charge in [0.25, 0.3) is 0 Å². The Morgan fingerprint density at radius 1 is 1.18 bits per heavy atom. The Bertz CT molecular complexity index is 451. The lowest BCUT2D eigenvalue weighted by Crippen LogP contribution is -2.45. The lowest BCUT2D eigenvalue weighted by atomic mass is 9.98. The van der Waals surface area contributed by atoms with E-state index in [1.165, 1.54) is 24.8 Å². The van der Waals surface area contributed by atoms with Gasteiger partial charge in [0, 0.05) is 32.2 Å². The van der Waals surface area contributed by atoms with Crippen molar-refractivity contribution in [3.8, 4) is 11.5 Å². The van der Waals surface area contributed by atoms with Crippen LogP contribution >= 0.6 is 15.9 Å². The van der Waals surface area contributed by atoms with Gasteiger partial charge in [-0.3, -0.25) is 4.90 Å². The summed E-state index contributed by atoms with van der Waals surface area (Å²) in [6.07, 6.45) is 3.62. The molecule has 0 aliphatic carbocycles. The summed E-state index contributed by atoms with van der Waals surface area (Å²) in [5.41, 5.74) is 1.28. The molecule has 0 radical (unpaired) electrons. The van der Waals surface area contributed by atoms with E-state index >= 15 is 0 Å². The molecular formula is C17H27BrN2O2. The fraction of sp³-hybridized carbons (Fsp3) is 0.647. The van der Waals surface area contributed by atoms with Gasteiger partial charge in [0.15, 0.2) is 0 Å². The minimum absolute atomic E-state index is 0.429. The van der Waals surface area contributed by atoms with Crippen molar-refractivity contribution in [3.05, 3.63) is 22.2 Å². The molecular weight excluding hydrogens is 344 g/mol. The minimum atomic E-state index is 0.429. The maximum atomic E-state index is 5.51. The van der Waals surface area contributed by atoms with Gasteiger partial charge in [-0.25, -0.2) is 0 Å². The molecule has 0 bridgehead atoms. The Hall–Kier alpha value is -0.780. The van der Waals surface area contributed by atoms with Gasteiger partial charge >= 0.3 is 0 Å². The molecule has 1 atom stereocenters. The van der Waals surface area contributed by atoms with Crippen LogP contribution in [-0.2, 0) is 0 Å². The monoisotopic (exact) mass is 370 g/mol. The van der Waals surface area contributed by atoms with Crippen LogP contribution in [0.1, 0.15) is 37.8 Å². The summed E-state index contributed by atoms with van der Waals surface area (Å²) in [7, 11) is 3.41. The molecule has 1 aliphatic rings. The van der Waals surface area contributed by atoms with E-state index in [2.05, 4.69) is 45.2 Å². The van der Waals surface area contributed by atoms with Crippen molar-refractivity contribution in [1.82, 2.24) is 10.2 Å². The number of methoxy groups -OCH3 is 2. The highest BCUT2D eigenvalue weighted by Gasteiger charge is 2.24. The molecule has 5 heteroatoms. The first-order valence-electron chi connectivity index (χ1n) is 8.07. The predicted octanol–water partition coefficient (Wildman–Crippen LogP) is 3.60.